The van der Waals surface area contributed by atoms with Crippen molar-refractivity contribution in [3.63, 3.8) is 0 Å². The zero-order valence-electron chi connectivity index (χ0n) is 30.8. The van der Waals surface area contributed by atoms with Crippen molar-refractivity contribution in [2.45, 2.75) is 0 Å². The Bertz CT molecular complexity index is 2880. The third kappa shape index (κ3) is 6.14. The lowest BCUT2D eigenvalue weighted by Gasteiger charge is -2.27. The van der Waals surface area contributed by atoms with Crippen LogP contribution in [0.5, 0.6) is 0 Å². The molecule has 0 aliphatic rings. The number of fused-ring (bicyclic) bond motifs is 3. The van der Waals surface area contributed by atoms with Crippen LogP contribution in [-0.4, -0.2) is 4.57 Å². The lowest BCUT2D eigenvalue weighted by atomic mass is 9.96. The molecule has 2 nitrogen and oxygen atoms in total. The summed E-state index contributed by atoms with van der Waals surface area (Å²) in [5, 5.41) is 2.44. The van der Waals surface area contributed by atoms with E-state index in [1.165, 1.54) is 66.3 Å². The first kappa shape index (κ1) is 33.2. The zero-order chi connectivity index (χ0) is 37.3. The molecule has 0 atom stereocenters. The summed E-state index contributed by atoms with van der Waals surface area (Å²) in [4.78, 5) is 2.43. The van der Waals surface area contributed by atoms with E-state index >= 15 is 0 Å². The highest BCUT2D eigenvalue weighted by Gasteiger charge is 2.21. The minimum atomic E-state index is 1.09. The van der Waals surface area contributed by atoms with Gasteiger partial charge in [-0.1, -0.05) is 164 Å². The van der Waals surface area contributed by atoms with Crippen molar-refractivity contribution >= 4 is 38.9 Å². The molecule has 0 spiro atoms. The highest BCUT2D eigenvalue weighted by atomic mass is 15.1. The zero-order valence-corrected chi connectivity index (χ0v) is 30.8. The molecule has 1 aromatic heterocycles. The van der Waals surface area contributed by atoms with Crippen LogP contribution < -0.4 is 4.90 Å². The van der Waals surface area contributed by atoms with Crippen LogP contribution in [0.2, 0.25) is 0 Å². The fourth-order valence-corrected chi connectivity index (χ4v) is 8.15. The first-order valence-electron chi connectivity index (χ1n) is 19.2. The maximum Gasteiger partial charge on any atom is 0.0547 e. The van der Waals surface area contributed by atoms with E-state index in [-0.39, 0.29) is 0 Å². The van der Waals surface area contributed by atoms with E-state index in [4.69, 9.17) is 0 Å². The van der Waals surface area contributed by atoms with Crippen LogP contribution >= 0.6 is 0 Å². The second kappa shape index (κ2) is 14.4. The highest BCUT2D eigenvalue weighted by molar-refractivity contribution is 6.16. The summed E-state index contributed by atoms with van der Waals surface area (Å²) in [6, 6.07) is 83.2. The molecule has 0 aliphatic heterocycles. The Labute approximate surface area is 327 Å². The van der Waals surface area contributed by atoms with Gasteiger partial charge in [0, 0.05) is 33.5 Å². The molecule has 9 aromatic carbocycles. The molecule has 10 aromatic rings. The second-order valence-corrected chi connectivity index (χ2v) is 14.2. The van der Waals surface area contributed by atoms with Gasteiger partial charge in [0.25, 0.3) is 0 Å². The van der Waals surface area contributed by atoms with Gasteiger partial charge in [-0.15, -0.1) is 0 Å². The maximum absolute atomic E-state index is 2.43. The van der Waals surface area contributed by atoms with Crippen molar-refractivity contribution in [1.82, 2.24) is 4.57 Å². The number of benzene rings is 9. The molecule has 2 heteroatoms. The van der Waals surface area contributed by atoms with Crippen molar-refractivity contribution in [2.75, 3.05) is 4.90 Å². The molecule has 0 amide bonds. The van der Waals surface area contributed by atoms with Gasteiger partial charge in [0.05, 0.1) is 11.0 Å². The number of aromatic nitrogens is 1. The van der Waals surface area contributed by atoms with E-state index in [0.717, 1.165) is 22.7 Å². The molecule has 0 unspecified atom stereocenters. The first-order chi connectivity index (χ1) is 27.8. The van der Waals surface area contributed by atoms with Gasteiger partial charge in [-0.05, 0) is 111 Å². The average Bonchev–Trinajstić information content (AvgIpc) is 3.62. The minimum absolute atomic E-state index is 1.09. The molecule has 56 heavy (non-hydrogen) atoms. The number of hydrogen-bond acceptors (Lipinski definition) is 1. The molecule has 0 saturated carbocycles. The summed E-state index contributed by atoms with van der Waals surface area (Å²) < 4.78 is 2.41. The number of anilines is 3. The average molecular weight is 715 g/mol. The van der Waals surface area contributed by atoms with Gasteiger partial charge >= 0.3 is 0 Å². The Balaban J connectivity index is 1.27. The summed E-state index contributed by atoms with van der Waals surface area (Å²) in [5.41, 5.74) is 16.2. The minimum Gasteiger partial charge on any atom is -0.310 e. The van der Waals surface area contributed by atoms with Gasteiger partial charge in [0.2, 0.25) is 0 Å². The number of rotatable bonds is 8. The fraction of sp³-hybridized carbons (Fsp3) is 0. The molecule has 10 rings (SSSR count). The molecular formula is C54H38N2. The SMILES string of the molecule is c1ccc(-c2cccc(N(c3cc(-c4ccccc4)cc(-c4ccccc4)c3)c3ccc4c(c3)c3c(-c5ccccc5)cccc3n4-c3ccccc3)c2)cc1. The van der Waals surface area contributed by atoms with E-state index in [1.54, 1.807) is 0 Å². The van der Waals surface area contributed by atoms with Crippen LogP contribution in [-0.2, 0) is 0 Å². The predicted octanol–water partition coefficient (Wildman–Crippen LogP) is 14.9. The largest absolute Gasteiger partial charge is 0.310 e. The summed E-state index contributed by atoms with van der Waals surface area (Å²) in [5.74, 6) is 0. The Kier molecular flexibility index (Phi) is 8.55. The summed E-state index contributed by atoms with van der Waals surface area (Å²) >= 11 is 0. The predicted molar refractivity (Wildman–Crippen MR) is 237 cm³/mol. The molecule has 264 valence electrons. The number of para-hydroxylation sites is 1. The van der Waals surface area contributed by atoms with Crippen molar-refractivity contribution < 1.29 is 0 Å². The van der Waals surface area contributed by atoms with Gasteiger partial charge in [0.15, 0.2) is 0 Å². The van der Waals surface area contributed by atoms with Gasteiger partial charge in [-0.2, -0.15) is 0 Å². The van der Waals surface area contributed by atoms with Gasteiger partial charge in [-0.3, -0.25) is 0 Å². The second-order valence-electron chi connectivity index (χ2n) is 14.2. The van der Waals surface area contributed by atoms with Crippen LogP contribution in [0, 0.1) is 0 Å². The van der Waals surface area contributed by atoms with Crippen LogP contribution in [0.4, 0.5) is 17.1 Å². The Morgan fingerprint density at radius 1 is 0.286 bits per heavy atom. The summed E-state index contributed by atoms with van der Waals surface area (Å²) in [7, 11) is 0. The maximum atomic E-state index is 2.43. The molecular weight excluding hydrogens is 677 g/mol. The van der Waals surface area contributed by atoms with Gasteiger partial charge in [0.1, 0.15) is 0 Å². The van der Waals surface area contributed by atoms with Crippen LogP contribution in [0.1, 0.15) is 0 Å². The Hall–Kier alpha value is -7.42. The number of hydrogen-bond donors (Lipinski definition) is 0. The van der Waals surface area contributed by atoms with Crippen molar-refractivity contribution in [1.29, 1.82) is 0 Å². The van der Waals surface area contributed by atoms with Crippen LogP contribution in [0.15, 0.2) is 231 Å². The fourth-order valence-electron chi connectivity index (χ4n) is 8.15. The van der Waals surface area contributed by atoms with E-state index in [9.17, 15) is 0 Å². The van der Waals surface area contributed by atoms with Crippen LogP contribution in [0.25, 0.3) is 72.0 Å². The van der Waals surface area contributed by atoms with E-state index < -0.39 is 0 Å². The first-order valence-corrected chi connectivity index (χ1v) is 19.2. The van der Waals surface area contributed by atoms with E-state index in [0.29, 0.717) is 0 Å². The van der Waals surface area contributed by atoms with Crippen molar-refractivity contribution in [2.24, 2.45) is 0 Å². The third-order valence-electron chi connectivity index (χ3n) is 10.7. The summed E-state index contributed by atoms with van der Waals surface area (Å²) in [6.45, 7) is 0. The Morgan fingerprint density at radius 2 is 0.768 bits per heavy atom. The molecule has 0 radical (unpaired) electrons. The molecule has 0 saturated heterocycles. The molecule has 1 heterocycles. The normalized spacial score (nSPS) is 11.2. The van der Waals surface area contributed by atoms with E-state index in [2.05, 4.69) is 240 Å². The standard InChI is InChI=1S/C54H38N2/c1-6-18-39(19-7-1)43-26-16-29-47(35-43)55(49-36-44(40-20-8-2-9-21-40)34-45(37-49)41-22-10-3-11-23-41)48-32-33-52-51(38-48)54-50(42-24-12-4-13-25-42)30-17-31-53(54)56(52)46-27-14-5-15-28-46/h1-38H. The highest BCUT2D eigenvalue weighted by Crippen LogP contribution is 2.45. The molecule has 0 N–H and O–H groups in total. The van der Waals surface area contributed by atoms with Crippen molar-refractivity contribution in [3.05, 3.63) is 231 Å². The molecule has 0 aliphatic carbocycles. The molecule has 0 bridgehead atoms. The lowest BCUT2D eigenvalue weighted by Crippen LogP contribution is -2.10. The van der Waals surface area contributed by atoms with Gasteiger partial charge in [-0.25, -0.2) is 0 Å². The van der Waals surface area contributed by atoms with Crippen LogP contribution in [0.3, 0.4) is 0 Å². The Morgan fingerprint density at radius 3 is 1.38 bits per heavy atom. The quantitative estimate of drug-likeness (QED) is 0.152. The summed E-state index contributed by atoms with van der Waals surface area (Å²) in [6.07, 6.45) is 0. The van der Waals surface area contributed by atoms with Gasteiger partial charge < -0.3 is 9.47 Å². The molecule has 0 fully saturated rings. The topological polar surface area (TPSA) is 8.17 Å². The smallest absolute Gasteiger partial charge is 0.0547 e. The lowest BCUT2D eigenvalue weighted by molar-refractivity contribution is 1.18. The van der Waals surface area contributed by atoms with E-state index in [1.807, 2.05) is 0 Å². The third-order valence-corrected chi connectivity index (χ3v) is 10.7. The monoisotopic (exact) mass is 714 g/mol. The number of nitrogens with zero attached hydrogens (tertiary/aromatic N) is 2. The van der Waals surface area contributed by atoms with Crippen molar-refractivity contribution in [3.8, 4) is 50.2 Å².